The summed E-state index contributed by atoms with van der Waals surface area (Å²) in [6.07, 6.45) is 12.6. The molecule has 3 aliphatic carbocycles. The Labute approximate surface area is 129 Å². The molecule has 21 heavy (non-hydrogen) atoms. The van der Waals surface area contributed by atoms with E-state index < -0.39 is 0 Å². The Morgan fingerprint density at radius 1 is 1.00 bits per heavy atom. The van der Waals surface area contributed by atoms with E-state index in [4.69, 9.17) is 0 Å². The van der Waals surface area contributed by atoms with E-state index in [0.717, 1.165) is 30.6 Å². The summed E-state index contributed by atoms with van der Waals surface area (Å²) in [6, 6.07) is 0.489. The van der Waals surface area contributed by atoms with Gasteiger partial charge in [-0.25, -0.2) is 4.79 Å². The van der Waals surface area contributed by atoms with Crippen molar-refractivity contribution in [3.63, 3.8) is 0 Å². The number of amides is 2. The minimum Gasteiger partial charge on any atom is -0.335 e. The van der Waals surface area contributed by atoms with Crippen LogP contribution in [0.15, 0.2) is 0 Å². The summed E-state index contributed by atoms with van der Waals surface area (Å²) in [7, 11) is 0. The van der Waals surface area contributed by atoms with Crippen molar-refractivity contribution in [2.45, 2.75) is 89.6 Å². The molecule has 2 bridgehead atoms. The maximum Gasteiger partial charge on any atom is 0.315 e. The number of rotatable bonds is 2. The van der Waals surface area contributed by atoms with E-state index in [2.05, 4.69) is 24.5 Å². The van der Waals surface area contributed by atoms with E-state index in [1.54, 1.807) is 0 Å². The molecule has 0 aromatic rings. The van der Waals surface area contributed by atoms with Crippen molar-refractivity contribution in [1.29, 1.82) is 0 Å². The van der Waals surface area contributed by atoms with Crippen molar-refractivity contribution in [3.05, 3.63) is 0 Å². The Hall–Kier alpha value is -0.730. The monoisotopic (exact) mass is 292 g/mol. The summed E-state index contributed by atoms with van der Waals surface area (Å²) >= 11 is 0. The first-order chi connectivity index (χ1) is 10.0. The van der Waals surface area contributed by atoms with Crippen molar-refractivity contribution >= 4 is 6.03 Å². The molecule has 120 valence electrons. The predicted molar refractivity (Wildman–Crippen MR) is 86.2 cm³/mol. The molecular formula is C18H32N2O. The van der Waals surface area contributed by atoms with Crippen LogP contribution in [0.1, 0.15) is 78.1 Å². The van der Waals surface area contributed by atoms with E-state index in [9.17, 15) is 4.79 Å². The lowest BCUT2D eigenvalue weighted by atomic mass is 9.63. The number of hydrogen-bond donors (Lipinski definition) is 2. The van der Waals surface area contributed by atoms with E-state index in [1.165, 1.54) is 51.4 Å². The van der Waals surface area contributed by atoms with Gasteiger partial charge in [-0.05, 0) is 69.6 Å². The number of carbonyl (C=O) groups is 1. The second-order valence-corrected chi connectivity index (χ2v) is 8.45. The summed E-state index contributed by atoms with van der Waals surface area (Å²) in [4.78, 5) is 12.3. The lowest BCUT2D eigenvalue weighted by molar-refractivity contribution is 0.0779. The van der Waals surface area contributed by atoms with Gasteiger partial charge in [-0.2, -0.15) is 0 Å². The van der Waals surface area contributed by atoms with Gasteiger partial charge in [-0.15, -0.1) is 0 Å². The van der Waals surface area contributed by atoms with E-state index in [0.29, 0.717) is 6.04 Å². The molecule has 0 aromatic carbocycles. The zero-order valence-electron chi connectivity index (χ0n) is 13.8. The molecule has 3 fully saturated rings. The molecule has 3 aliphatic rings. The van der Waals surface area contributed by atoms with Crippen LogP contribution >= 0.6 is 0 Å². The third kappa shape index (κ3) is 3.92. The Morgan fingerprint density at radius 2 is 1.62 bits per heavy atom. The standard InChI is InChI=1S/C18H32N2O/c1-13-8-14-10-15(9-13)12-18(2,11-14)20-17(21)19-16-6-4-3-5-7-16/h13-16H,3-12H2,1-2H3,(H2,19,20,21). The van der Waals surface area contributed by atoms with Crippen LogP contribution in [0.4, 0.5) is 4.79 Å². The zero-order chi connectivity index (χ0) is 14.9. The summed E-state index contributed by atoms with van der Waals surface area (Å²) in [6.45, 7) is 4.66. The molecule has 3 rings (SSSR count). The molecule has 2 amide bonds. The third-order valence-corrected chi connectivity index (χ3v) is 5.97. The quantitative estimate of drug-likeness (QED) is 0.786. The van der Waals surface area contributed by atoms with Gasteiger partial charge in [0.15, 0.2) is 0 Å². The van der Waals surface area contributed by atoms with Gasteiger partial charge in [0.05, 0.1) is 0 Å². The van der Waals surface area contributed by atoms with Gasteiger partial charge in [0, 0.05) is 11.6 Å². The molecule has 3 heteroatoms. The second-order valence-electron chi connectivity index (χ2n) is 8.45. The summed E-state index contributed by atoms with van der Waals surface area (Å²) < 4.78 is 0. The Morgan fingerprint density at radius 3 is 2.24 bits per heavy atom. The average Bonchev–Trinajstić information content (AvgIpc) is 2.36. The minimum absolute atomic E-state index is 0.0203. The molecule has 0 aliphatic heterocycles. The van der Waals surface area contributed by atoms with Crippen molar-refractivity contribution in [2.24, 2.45) is 17.8 Å². The SMILES string of the molecule is CC1CC2CC(C1)CC(C)(NC(=O)NC1CCCCC1)C2. The fourth-order valence-electron chi connectivity index (χ4n) is 5.43. The highest BCUT2D eigenvalue weighted by Crippen LogP contribution is 2.46. The normalized spacial score (nSPS) is 40.6. The highest BCUT2D eigenvalue weighted by molar-refractivity contribution is 5.75. The Balaban J connectivity index is 1.52. The van der Waals surface area contributed by atoms with Crippen LogP contribution in [-0.2, 0) is 0 Å². The molecule has 0 spiro atoms. The van der Waals surface area contributed by atoms with E-state index in [1.807, 2.05) is 0 Å². The molecule has 0 radical (unpaired) electrons. The Kier molecular flexibility index (Phi) is 4.46. The van der Waals surface area contributed by atoms with Crippen LogP contribution in [0.25, 0.3) is 0 Å². The van der Waals surface area contributed by atoms with Crippen LogP contribution in [0.5, 0.6) is 0 Å². The topological polar surface area (TPSA) is 41.1 Å². The Bertz CT molecular complexity index is 357. The van der Waals surface area contributed by atoms with Gasteiger partial charge in [0.2, 0.25) is 0 Å². The smallest absolute Gasteiger partial charge is 0.315 e. The van der Waals surface area contributed by atoms with Gasteiger partial charge >= 0.3 is 6.03 Å². The maximum atomic E-state index is 12.3. The van der Waals surface area contributed by atoms with Gasteiger partial charge in [0.1, 0.15) is 0 Å². The first kappa shape index (κ1) is 15.2. The van der Waals surface area contributed by atoms with E-state index >= 15 is 0 Å². The highest BCUT2D eigenvalue weighted by Gasteiger charge is 2.41. The van der Waals surface area contributed by atoms with Gasteiger partial charge in [-0.3, -0.25) is 0 Å². The summed E-state index contributed by atoms with van der Waals surface area (Å²) in [5, 5.41) is 6.55. The van der Waals surface area contributed by atoms with Gasteiger partial charge in [-0.1, -0.05) is 26.2 Å². The second kappa shape index (κ2) is 6.18. The van der Waals surface area contributed by atoms with Crippen molar-refractivity contribution in [3.8, 4) is 0 Å². The van der Waals surface area contributed by atoms with Crippen LogP contribution in [0, 0.1) is 17.8 Å². The molecule has 3 nitrogen and oxygen atoms in total. The number of nitrogens with one attached hydrogen (secondary N) is 2. The number of fused-ring (bicyclic) bond motifs is 2. The van der Waals surface area contributed by atoms with Crippen LogP contribution in [0.3, 0.4) is 0 Å². The largest absolute Gasteiger partial charge is 0.335 e. The highest BCUT2D eigenvalue weighted by atomic mass is 16.2. The summed E-state index contributed by atoms with van der Waals surface area (Å²) in [5.41, 5.74) is 0.0203. The van der Waals surface area contributed by atoms with Crippen molar-refractivity contribution in [2.75, 3.05) is 0 Å². The van der Waals surface area contributed by atoms with Crippen LogP contribution in [0.2, 0.25) is 0 Å². The van der Waals surface area contributed by atoms with Crippen molar-refractivity contribution in [1.82, 2.24) is 10.6 Å². The lowest BCUT2D eigenvalue weighted by Crippen LogP contribution is -2.56. The number of carbonyl (C=O) groups excluding carboxylic acids is 1. The molecule has 2 atom stereocenters. The predicted octanol–water partition coefficient (Wildman–Crippen LogP) is 4.22. The third-order valence-electron chi connectivity index (χ3n) is 5.97. The lowest BCUT2D eigenvalue weighted by Gasteiger charge is -2.47. The van der Waals surface area contributed by atoms with Crippen molar-refractivity contribution < 1.29 is 4.79 Å². The molecule has 2 N–H and O–H groups in total. The number of hydrogen-bond acceptors (Lipinski definition) is 1. The molecular weight excluding hydrogens is 260 g/mol. The maximum absolute atomic E-state index is 12.3. The molecule has 0 saturated heterocycles. The average molecular weight is 292 g/mol. The molecule has 3 saturated carbocycles. The van der Waals surface area contributed by atoms with E-state index in [-0.39, 0.29) is 11.6 Å². The van der Waals surface area contributed by atoms with Gasteiger partial charge in [0.25, 0.3) is 0 Å². The summed E-state index contributed by atoms with van der Waals surface area (Å²) in [5.74, 6) is 2.54. The first-order valence-electron chi connectivity index (χ1n) is 9.11. The fraction of sp³-hybridized carbons (Fsp3) is 0.944. The fourth-order valence-corrected chi connectivity index (χ4v) is 5.43. The molecule has 2 unspecified atom stereocenters. The van der Waals surface area contributed by atoms with Gasteiger partial charge < -0.3 is 10.6 Å². The first-order valence-corrected chi connectivity index (χ1v) is 9.11. The number of urea groups is 1. The molecule has 0 aromatic heterocycles. The zero-order valence-corrected chi connectivity index (χ0v) is 13.8. The van der Waals surface area contributed by atoms with Crippen LogP contribution < -0.4 is 10.6 Å². The minimum atomic E-state index is 0.0203. The van der Waals surface area contributed by atoms with Crippen LogP contribution in [-0.4, -0.2) is 17.6 Å². The molecule has 0 heterocycles.